The molecule has 146 valence electrons. The summed E-state index contributed by atoms with van der Waals surface area (Å²) >= 11 is 0. The molecule has 9 nitrogen and oxygen atoms in total. The second-order valence-corrected chi connectivity index (χ2v) is 9.08. The number of nitrogens with zero attached hydrogens (tertiary/aromatic N) is 5. The van der Waals surface area contributed by atoms with Crippen molar-refractivity contribution in [1.29, 1.82) is 0 Å². The number of hydrogen-bond donors (Lipinski definition) is 0. The third kappa shape index (κ3) is 3.18. The van der Waals surface area contributed by atoms with Gasteiger partial charge in [0.05, 0.1) is 19.4 Å². The predicted octanol–water partition coefficient (Wildman–Crippen LogP) is 1.80. The summed E-state index contributed by atoms with van der Waals surface area (Å²) in [5, 5.41) is 4.08. The molecule has 1 aliphatic heterocycles. The Labute approximate surface area is 162 Å². The Morgan fingerprint density at radius 1 is 1.18 bits per heavy atom. The van der Waals surface area contributed by atoms with E-state index in [2.05, 4.69) is 15.1 Å². The number of imidazole rings is 1. The third-order valence-corrected chi connectivity index (χ3v) is 6.60. The van der Waals surface area contributed by atoms with E-state index in [1.165, 1.54) is 16.8 Å². The lowest BCUT2D eigenvalue weighted by Gasteiger charge is -2.37. The van der Waals surface area contributed by atoms with Gasteiger partial charge >= 0.3 is 0 Å². The maximum absolute atomic E-state index is 12.5. The van der Waals surface area contributed by atoms with Gasteiger partial charge in [-0.2, -0.15) is 9.29 Å². The topological polar surface area (TPSA) is 103 Å². The first-order valence-corrected chi connectivity index (χ1v) is 10.5. The molecule has 2 aromatic heterocycles. The lowest BCUT2D eigenvalue weighted by molar-refractivity contribution is 0.0760. The number of aryl methyl sites for hydroxylation is 1. The molecule has 1 saturated heterocycles. The van der Waals surface area contributed by atoms with E-state index in [0.717, 1.165) is 18.4 Å². The first kappa shape index (κ1) is 17.4. The van der Waals surface area contributed by atoms with Crippen LogP contribution in [0.25, 0.3) is 11.4 Å². The molecule has 2 aliphatic rings. The molecule has 0 atom stereocenters. The number of benzene rings is 1. The van der Waals surface area contributed by atoms with E-state index < -0.39 is 10.0 Å². The Morgan fingerprint density at radius 2 is 1.93 bits per heavy atom. The largest absolute Gasteiger partial charge is 0.488 e. The molecule has 0 unspecified atom stereocenters. The Bertz CT molecular complexity index is 1100. The zero-order valence-corrected chi connectivity index (χ0v) is 16.0. The summed E-state index contributed by atoms with van der Waals surface area (Å²) in [6, 6.07) is 7.41. The Kier molecular flexibility index (Phi) is 3.98. The number of aromatic nitrogens is 4. The quantitative estimate of drug-likeness (QED) is 0.620. The molecule has 3 aromatic rings. The highest BCUT2D eigenvalue weighted by Gasteiger charge is 2.39. The van der Waals surface area contributed by atoms with Crippen molar-refractivity contribution in [3.05, 3.63) is 42.7 Å². The van der Waals surface area contributed by atoms with Crippen LogP contribution in [0.1, 0.15) is 24.7 Å². The number of hydrogen-bond acceptors (Lipinski definition) is 7. The highest BCUT2D eigenvalue weighted by atomic mass is 32.2. The Balaban J connectivity index is 1.19. The van der Waals surface area contributed by atoms with Crippen LogP contribution in [0.5, 0.6) is 5.75 Å². The zero-order valence-electron chi connectivity index (χ0n) is 15.2. The van der Waals surface area contributed by atoms with Gasteiger partial charge in [0, 0.05) is 24.7 Å². The predicted molar refractivity (Wildman–Crippen MR) is 98.1 cm³/mol. The summed E-state index contributed by atoms with van der Waals surface area (Å²) in [6.45, 7) is 0.604. The molecule has 0 radical (unpaired) electrons. The SMILES string of the molecule is Cn1cnc(S(=O)(=O)N2CC(Oc3ccc(-c4noc(C5CC5)n4)cc3)C2)c1. The van der Waals surface area contributed by atoms with Crippen LogP contribution in [0.3, 0.4) is 0 Å². The molecule has 1 saturated carbocycles. The van der Waals surface area contributed by atoms with Crippen molar-refractivity contribution in [3.63, 3.8) is 0 Å². The van der Waals surface area contributed by atoms with E-state index in [1.807, 2.05) is 24.3 Å². The van der Waals surface area contributed by atoms with Crippen LogP contribution in [-0.4, -0.2) is 51.6 Å². The maximum Gasteiger partial charge on any atom is 0.262 e. The second-order valence-electron chi connectivity index (χ2n) is 7.19. The number of ether oxygens (including phenoxy) is 1. The molecule has 0 N–H and O–H groups in total. The fourth-order valence-corrected chi connectivity index (χ4v) is 4.52. The van der Waals surface area contributed by atoms with Crippen LogP contribution in [-0.2, 0) is 17.1 Å². The average molecular weight is 401 g/mol. The van der Waals surface area contributed by atoms with E-state index in [4.69, 9.17) is 9.26 Å². The molecule has 0 spiro atoms. The zero-order chi connectivity index (χ0) is 19.3. The first-order chi connectivity index (χ1) is 13.5. The summed E-state index contributed by atoms with van der Waals surface area (Å²) < 4.78 is 39.0. The van der Waals surface area contributed by atoms with Crippen molar-refractivity contribution in [2.45, 2.75) is 29.9 Å². The van der Waals surface area contributed by atoms with Gasteiger partial charge < -0.3 is 13.8 Å². The lowest BCUT2D eigenvalue weighted by Crippen LogP contribution is -2.56. The van der Waals surface area contributed by atoms with Gasteiger partial charge in [-0.3, -0.25) is 0 Å². The van der Waals surface area contributed by atoms with E-state index in [-0.39, 0.29) is 11.1 Å². The van der Waals surface area contributed by atoms with Crippen LogP contribution in [0.4, 0.5) is 0 Å². The first-order valence-electron chi connectivity index (χ1n) is 9.08. The van der Waals surface area contributed by atoms with Crippen LogP contribution in [0.2, 0.25) is 0 Å². The van der Waals surface area contributed by atoms with E-state index in [1.54, 1.807) is 11.6 Å². The van der Waals surface area contributed by atoms with E-state index in [0.29, 0.717) is 36.5 Å². The van der Waals surface area contributed by atoms with Crippen molar-refractivity contribution in [3.8, 4) is 17.1 Å². The molecule has 10 heteroatoms. The summed E-state index contributed by atoms with van der Waals surface area (Å²) in [7, 11) is -1.82. The van der Waals surface area contributed by atoms with Gasteiger partial charge in [-0.15, -0.1) is 0 Å². The third-order valence-electron chi connectivity index (χ3n) is 4.88. The van der Waals surface area contributed by atoms with Crippen molar-refractivity contribution in [2.24, 2.45) is 7.05 Å². The fraction of sp³-hybridized carbons (Fsp3) is 0.389. The van der Waals surface area contributed by atoms with Gasteiger partial charge in [0.15, 0.2) is 5.03 Å². The Hall–Kier alpha value is -2.72. The van der Waals surface area contributed by atoms with Gasteiger partial charge in [-0.1, -0.05) is 5.16 Å². The molecule has 28 heavy (non-hydrogen) atoms. The highest BCUT2D eigenvalue weighted by molar-refractivity contribution is 7.89. The summed E-state index contributed by atoms with van der Waals surface area (Å²) in [4.78, 5) is 8.36. The van der Waals surface area contributed by atoms with Crippen molar-refractivity contribution >= 4 is 10.0 Å². The van der Waals surface area contributed by atoms with Crippen LogP contribution in [0.15, 0.2) is 46.3 Å². The molecule has 2 fully saturated rings. The van der Waals surface area contributed by atoms with Gasteiger partial charge in [0.25, 0.3) is 10.0 Å². The standard InChI is InChI=1S/C18H19N5O4S/c1-22-10-16(19-11-22)28(24,25)23-8-15(9-23)26-14-6-4-12(5-7-14)17-20-18(27-21-17)13-2-3-13/h4-7,10-11,13,15H,2-3,8-9H2,1H3. The summed E-state index contributed by atoms with van der Waals surface area (Å²) in [5.41, 5.74) is 0.857. The van der Waals surface area contributed by atoms with E-state index in [9.17, 15) is 8.42 Å². The van der Waals surface area contributed by atoms with E-state index >= 15 is 0 Å². The normalized spacial score (nSPS) is 18.2. The molecule has 5 rings (SSSR count). The fourth-order valence-electron chi connectivity index (χ4n) is 3.05. The van der Waals surface area contributed by atoms with Gasteiger partial charge in [0.2, 0.25) is 11.7 Å². The van der Waals surface area contributed by atoms with Crippen LogP contribution < -0.4 is 4.74 Å². The van der Waals surface area contributed by atoms with Gasteiger partial charge in [-0.25, -0.2) is 13.4 Å². The minimum Gasteiger partial charge on any atom is -0.488 e. The van der Waals surface area contributed by atoms with Gasteiger partial charge in [0.1, 0.15) is 11.9 Å². The molecule has 0 amide bonds. The maximum atomic E-state index is 12.5. The average Bonchev–Trinajstić information content (AvgIpc) is 3.20. The van der Waals surface area contributed by atoms with Gasteiger partial charge in [-0.05, 0) is 37.1 Å². The van der Waals surface area contributed by atoms with Crippen LogP contribution >= 0.6 is 0 Å². The monoisotopic (exact) mass is 401 g/mol. The molecule has 0 bridgehead atoms. The van der Waals surface area contributed by atoms with Crippen molar-refractivity contribution in [2.75, 3.05) is 13.1 Å². The smallest absolute Gasteiger partial charge is 0.262 e. The second kappa shape index (κ2) is 6.42. The Morgan fingerprint density at radius 3 is 2.57 bits per heavy atom. The van der Waals surface area contributed by atoms with Crippen molar-refractivity contribution in [1.82, 2.24) is 24.0 Å². The molecule has 1 aromatic carbocycles. The minimum atomic E-state index is -3.55. The summed E-state index contributed by atoms with van der Waals surface area (Å²) in [5.74, 6) is 2.38. The van der Waals surface area contributed by atoms with Crippen molar-refractivity contribution < 1.29 is 17.7 Å². The van der Waals surface area contributed by atoms with Crippen LogP contribution in [0, 0.1) is 0 Å². The molecular weight excluding hydrogens is 382 g/mol. The number of sulfonamides is 1. The number of rotatable bonds is 6. The molecule has 3 heterocycles. The summed E-state index contributed by atoms with van der Waals surface area (Å²) in [6.07, 6.45) is 5.01. The molecular formula is C18H19N5O4S. The molecule has 1 aliphatic carbocycles. The lowest BCUT2D eigenvalue weighted by atomic mass is 10.2. The highest BCUT2D eigenvalue weighted by Crippen LogP contribution is 2.39. The minimum absolute atomic E-state index is 0.0588.